The van der Waals surface area contributed by atoms with Gasteiger partial charge in [-0.2, -0.15) is 0 Å². The molecule has 0 aliphatic rings. The van der Waals surface area contributed by atoms with Crippen LogP contribution in [0.3, 0.4) is 0 Å². The van der Waals surface area contributed by atoms with Crippen LogP contribution in [0.25, 0.3) is 0 Å². The van der Waals surface area contributed by atoms with Crippen LogP contribution < -0.4 is 5.32 Å². The second-order valence-corrected chi connectivity index (χ2v) is 5.50. The lowest BCUT2D eigenvalue weighted by atomic mass is 10.1. The highest BCUT2D eigenvalue weighted by Crippen LogP contribution is 2.22. The van der Waals surface area contributed by atoms with Gasteiger partial charge in [0.15, 0.2) is 5.15 Å². The predicted octanol–water partition coefficient (Wildman–Crippen LogP) is 4.73. The molecule has 1 heterocycles. The fourth-order valence-electron chi connectivity index (χ4n) is 1.62. The van der Waals surface area contributed by atoms with Crippen molar-refractivity contribution in [2.45, 2.75) is 20.4 Å². The zero-order valence-corrected chi connectivity index (χ0v) is 12.6. The average molecular weight is 326 g/mol. The summed E-state index contributed by atoms with van der Waals surface area (Å²) in [5, 5.41) is 3.81. The molecular weight excluding hydrogens is 312 g/mol. The number of nitrogens with one attached hydrogen (secondary N) is 1. The molecule has 2 rings (SSSR count). The molecule has 0 saturated carbocycles. The number of halogens is 2. The van der Waals surface area contributed by atoms with Gasteiger partial charge in [-0.3, -0.25) is 0 Å². The third kappa shape index (κ3) is 3.24. The molecule has 4 heteroatoms. The first kappa shape index (κ1) is 13.4. The van der Waals surface area contributed by atoms with Gasteiger partial charge in [0.1, 0.15) is 0 Å². The fraction of sp³-hybridized carbons (Fsp3) is 0.214. The van der Waals surface area contributed by atoms with E-state index in [0.29, 0.717) is 5.15 Å². The highest BCUT2D eigenvalue weighted by atomic mass is 79.9. The first-order valence-electron chi connectivity index (χ1n) is 5.67. The maximum absolute atomic E-state index is 6.04. The van der Waals surface area contributed by atoms with Crippen LogP contribution in [0.1, 0.15) is 16.7 Å². The van der Waals surface area contributed by atoms with Gasteiger partial charge in [-0.05, 0) is 42.7 Å². The summed E-state index contributed by atoms with van der Waals surface area (Å²) in [6.07, 6.45) is 1.76. The van der Waals surface area contributed by atoms with Crippen molar-refractivity contribution in [2.24, 2.45) is 0 Å². The summed E-state index contributed by atoms with van der Waals surface area (Å²) < 4.78 is 1.12. The van der Waals surface area contributed by atoms with E-state index >= 15 is 0 Å². The van der Waals surface area contributed by atoms with Crippen molar-refractivity contribution in [1.82, 2.24) is 4.98 Å². The number of aromatic nitrogens is 1. The summed E-state index contributed by atoms with van der Waals surface area (Å²) in [7, 11) is 0. The minimum absolute atomic E-state index is 0.506. The standard InChI is InChI=1S/C14H14BrClN2/c1-9-5-13(14(16)18-7-9)17-8-11-4-3-10(2)12(15)6-11/h3-7,17H,8H2,1-2H3. The van der Waals surface area contributed by atoms with Crippen molar-refractivity contribution >= 4 is 33.2 Å². The normalized spacial score (nSPS) is 10.4. The van der Waals surface area contributed by atoms with Gasteiger partial charge in [-0.15, -0.1) is 0 Å². The van der Waals surface area contributed by atoms with Crippen LogP contribution in [0, 0.1) is 13.8 Å². The maximum Gasteiger partial charge on any atom is 0.152 e. The minimum Gasteiger partial charge on any atom is -0.378 e. The van der Waals surface area contributed by atoms with Crippen LogP contribution in [-0.2, 0) is 6.54 Å². The summed E-state index contributed by atoms with van der Waals surface area (Å²) in [6.45, 7) is 4.79. The van der Waals surface area contributed by atoms with Gasteiger partial charge in [0.05, 0.1) is 5.69 Å². The molecule has 0 saturated heterocycles. The Hall–Kier alpha value is -1.06. The smallest absolute Gasteiger partial charge is 0.152 e. The summed E-state index contributed by atoms with van der Waals surface area (Å²) in [6, 6.07) is 8.31. The Kier molecular flexibility index (Phi) is 4.25. The average Bonchev–Trinajstić information content (AvgIpc) is 2.34. The van der Waals surface area contributed by atoms with Crippen LogP contribution in [0.15, 0.2) is 34.9 Å². The summed E-state index contributed by atoms with van der Waals surface area (Å²) in [5.74, 6) is 0. The Morgan fingerprint density at radius 3 is 2.78 bits per heavy atom. The number of aryl methyl sites for hydroxylation is 2. The van der Waals surface area contributed by atoms with E-state index in [9.17, 15) is 0 Å². The molecule has 0 fully saturated rings. The lowest BCUT2D eigenvalue weighted by Crippen LogP contribution is -2.01. The number of hydrogen-bond acceptors (Lipinski definition) is 2. The predicted molar refractivity (Wildman–Crippen MR) is 80.2 cm³/mol. The monoisotopic (exact) mass is 324 g/mol. The third-order valence-corrected chi connectivity index (χ3v) is 3.85. The molecule has 0 atom stereocenters. The first-order valence-corrected chi connectivity index (χ1v) is 6.84. The molecule has 18 heavy (non-hydrogen) atoms. The van der Waals surface area contributed by atoms with Crippen molar-refractivity contribution in [3.8, 4) is 0 Å². The Bertz CT molecular complexity index is 570. The van der Waals surface area contributed by atoms with E-state index < -0.39 is 0 Å². The number of hydrogen-bond donors (Lipinski definition) is 1. The van der Waals surface area contributed by atoms with Crippen LogP contribution in [0.4, 0.5) is 5.69 Å². The van der Waals surface area contributed by atoms with E-state index in [1.165, 1.54) is 11.1 Å². The number of rotatable bonds is 3. The molecule has 0 bridgehead atoms. The Labute approximate surface area is 121 Å². The number of benzene rings is 1. The van der Waals surface area contributed by atoms with Gasteiger partial charge >= 0.3 is 0 Å². The van der Waals surface area contributed by atoms with Gasteiger partial charge in [-0.25, -0.2) is 4.98 Å². The summed E-state index contributed by atoms with van der Waals surface area (Å²) >= 11 is 9.57. The minimum atomic E-state index is 0.506. The van der Waals surface area contributed by atoms with E-state index in [0.717, 1.165) is 22.3 Å². The highest BCUT2D eigenvalue weighted by Gasteiger charge is 2.02. The molecule has 0 radical (unpaired) electrons. The van der Waals surface area contributed by atoms with Gasteiger partial charge in [0, 0.05) is 17.2 Å². The molecular formula is C14H14BrClN2. The second kappa shape index (κ2) is 5.72. The molecule has 0 aliphatic carbocycles. The molecule has 1 N–H and O–H groups in total. The van der Waals surface area contributed by atoms with Crippen molar-refractivity contribution in [2.75, 3.05) is 5.32 Å². The molecule has 1 aromatic carbocycles. The zero-order chi connectivity index (χ0) is 13.1. The zero-order valence-electron chi connectivity index (χ0n) is 10.3. The van der Waals surface area contributed by atoms with Crippen molar-refractivity contribution in [1.29, 1.82) is 0 Å². The Balaban J connectivity index is 2.11. The van der Waals surface area contributed by atoms with E-state index in [-0.39, 0.29) is 0 Å². The SMILES string of the molecule is Cc1cnc(Cl)c(NCc2ccc(C)c(Br)c2)c1. The van der Waals surface area contributed by atoms with Crippen LogP contribution in [0.2, 0.25) is 5.15 Å². The summed E-state index contributed by atoms with van der Waals surface area (Å²) in [4.78, 5) is 4.12. The maximum atomic E-state index is 6.04. The molecule has 2 nitrogen and oxygen atoms in total. The molecule has 0 aliphatic heterocycles. The molecule has 2 aromatic rings. The van der Waals surface area contributed by atoms with E-state index in [1.54, 1.807) is 6.20 Å². The topological polar surface area (TPSA) is 24.9 Å². The van der Waals surface area contributed by atoms with Crippen molar-refractivity contribution in [3.63, 3.8) is 0 Å². The van der Waals surface area contributed by atoms with E-state index in [1.807, 2.05) is 13.0 Å². The number of anilines is 1. The quantitative estimate of drug-likeness (QED) is 0.825. The summed E-state index contributed by atoms with van der Waals surface area (Å²) in [5.41, 5.74) is 4.39. The van der Waals surface area contributed by atoms with Crippen LogP contribution in [-0.4, -0.2) is 4.98 Å². The molecule has 0 spiro atoms. The van der Waals surface area contributed by atoms with Crippen molar-refractivity contribution < 1.29 is 0 Å². The van der Waals surface area contributed by atoms with Gasteiger partial charge in [0.2, 0.25) is 0 Å². The van der Waals surface area contributed by atoms with Gasteiger partial charge in [0.25, 0.3) is 0 Å². The Morgan fingerprint density at radius 1 is 1.28 bits per heavy atom. The van der Waals surface area contributed by atoms with Gasteiger partial charge < -0.3 is 5.32 Å². The second-order valence-electron chi connectivity index (χ2n) is 4.29. The van der Waals surface area contributed by atoms with E-state index in [4.69, 9.17) is 11.6 Å². The molecule has 0 amide bonds. The lowest BCUT2D eigenvalue weighted by Gasteiger charge is -2.09. The van der Waals surface area contributed by atoms with Crippen LogP contribution in [0.5, 0.6) is 0 Å². The van der Waals surface area contributed by atoms with E-state index in [2.05, 4.69) is 51.4 Å². The molecule has 0 unspecified atom stereocenters. The third-order valence-electron chi connectivity index (χ3n) is 2.69. The molecule has 94 valence electrons. The first-order chi connectivity index (χ1) is 8.56. The largest absolute Gasteiger partial charge is 0.378 e. The van der Waals surface area contributed by atoms with Crippen molar-refractivity contribution in [3.05, 3.63) is 56.8 Å². The van der Waals surface area contributed by atoms with Crippen LogP contribution >= 0.6 is 27.5 Å². The fourth-order valence-corrected chi connectivity index (χ4v) is 2.22. The lowest BCUT2D eigenvalue weighted by molar-refractivity contribution is 1.12. The van der Waals surface area contributed by atoms with Gasteiger partial charge in [-0.1, -0.05) is 39.7 Å². The highest BCUT2D eigenvalue weighted by molar-refractivity contribution is 9.10. The number of pyridine rings is 1. The Morgan fingerprint density at radius 2 is 2.06 bits per heavy atom. The molecule has 1 aromatic heterocycles. The number of nitrogens with zero attached hydrogens (tertiary/aromatic N) is 1.